The summed E-state index contributed by atoms with van der Waals surface area (Å²) < 4.78 is 13.2. The molecule has 1 unspecified atom stereocenters. The number of rotatable bonds is 5. The van der Waals surface area contributed by atoms with E-state index in [1.54, 1.807) is 12.1 Å². The van der Waals surface area contributed by atoms with Gasteiger partial charge < -0.3 is 5.32 Å². The first-order valence-electron chi connectivity index (χ1n) is 5.82. The van der Waals surface area contributed by atoms with E-state index in [4.69, 9.17) is 11.6 Å². The van der Waals surface area contributed by atoms with Gasteiger partial charge in [-0.25, -0.2) is 4.39 Å². The van der Waals surface area contributed by atoms with Crippen molar-refractivity contribution in [2.45, 2.75) is 31.7 Å². The fourth-order valence-electron chi connectivity index (χ4n) is 2.13. The Balaban J connectivity index is 1.90. The molecule has 0 aromatic heterocycles. The van der Waals surface area contributed by atoms with Crippen molar-refractivity contribution in [2.75, 3.05) is 7.05 Å². The SMILES string of the molecule is CNC(CCc1ccc(Cl)c(F)c1)C1CC1. The largest absolute Gasteiger partial charge is 0.317 e. The predicted molar refractivity (Wildman–Crippen MR) is 65.3 cm³/mol. The van der Waals surface area contributed by atoms with Crippen LogP contribution in [0.1, 0.15) is 24.8 Å². The van der Waals surface area contributed by atoms with Gasteiger partial charge in [-0.05, 0) is 56.3 Å². The summed E-state index contributed by atoms with van der Waals surface area (Å²) in [5, 5.41) is 3.55. The average Bonchev–Trinajstić information content (AvgIpc) is 3.08. The van der Waals surface area contributed by atoms with Crippen molar-refractivity contribution in [1.29, 1.82) is 0 Å². The lowest BCUT2D eigenvalue weighted by Gasteiger charge is -2.15. The number of nitrogens with one attached hydrogen (secondary N) is 1. The van der Waals surface area contributed by atoms with Crippen LogP contribution in [-0.2, 0) is 6.42 Å². The molecule has 1 nitrogen and oxygen atoms in total. The van der Waals surface area contributed by atoms with Gasteiger partial charge in [-0.1, -0.05) is 17.7 Å². The Kier molecular flexibility index (Phi) is 3.82. The van der Waals surface area contributed by atoms with Crippen LogP contribution in [0.25, 0.3) is 0 Å². The Morgan fingerprint density at radius 2 is 2.25 bits per heavy atom. The van der Waals surface area contributed by atoms with Crippen LogP contribution in [0.3, 0.4) is 0 Å². The number of aryl methyl sites for hydroxylation is 1. The first-order chi connectivity index (χ1) is 7.70. The second kappa shape index (κ2) is 5.15. The average molecular weight is 242 g/mol. The van der Waals surface area contributed by atoms with E-state index >= 15 is 0 Å². The standard InChI is InChI=1S/C13H17ClFN/c1-16-13(10-4-5-10)7-3-9-2-6-11(14)12(15)8-9/h2,6,8,10,13,16H,3-5,7H2,1H3. The highest BCUT2D eigenvalue weighted by Crippen LogP contribution is 2.34. The van der Waals surface area contributed by atoms with Crippen LogP contribution in [0.15, 0.2) is 18.2 Å². The van der Waals surface area contributed by atoms with Gasteiger partial charge in [0.1, 0.15) is 5.82 Å². The molecule has 0 bridgehead atoms. The molecule has 0 amide bonds. The molecule has 1 saturated carbocycles. The quantitative estimate of drug-likeness (QED) is 0.833. The van der Waals surface area contributed by atoms with Crippen LogP contribution in [0.5, 0.6) is 0 Å². The molecular weight excluding hydrogens is 225 g/mol. The minimum Gasteiger partial charge on any atom is -0.317 e. The van der Waals surface area contributed by atoms with Gasteiger partial charge >= 0.3 is 0 Å². The lowest BCUT2D eigenvalue weighted by molar-refractivity contribution is 0.470. The van der Waals surface area contributed by atoms with Gasteiger partial charge in [0.2, 0.25) is 0 Å². The zero-order chi connectivity index (χ0) is 11.5. The monoisotopic (exact) mass is 241 g/mol. The fraction of sp³-hybridized carbons (Fsp3) is 0.538. The summed E-state index contributed by atoms with van der Waals surface area (Å²) in [7, 11) is 2.01. The molecule has 1 aliphatic carbocycles. The van der Waals surface area contributed by atoms with Crippen molar-refractivity contribution in [3.63, 3.8) is 0 Å². The van der Waals surface area contributed by atoms with E-state index in [2.05, 4.69) is 5.32 Å². The van der Waals surface area contributed by atoms with Crippen LogP contribution in [0, 0.1) is 11.7 Å². The van der Waals surface area contributed by atoms with Crippen molar-refractivity contribution in [1.82, 2.24) is 5.32 Å². The maximum atomic E-state index is 13.2. The Bertz CT molecular complexity index is 363. The summed E-state index contributed by atoms with van der Waals surface area (Å²) in [5.41, 5.74) is 1.03. The van der Waals surface area contributed by atoms with E-state index in [0.717, 1.165) is 24.3 Å². The van der Waals surface area contributed by atoms with E-state index in [1.165, 1.54) is 12.8 Å². The summed E-state index contributed by atoms with van der Waals surface area (Å²) in [6.45, 7) is 0. The molecule has 2 rings (SSSR count). The summed E-state index contributed by atoms with van der Waals surface area (Å²) in [6.07, 6.45) is 4.65. The molecule has 3 heteroatoms. The molecule has 1 N–H and O–H groups in total. The highest BCUT2D eigenvalue weighted by Gasteiger charge is 2.29. The molecule has 0 radical (unpaired) electrons. The fourth-order valence-corrected chi connectivity index (χ4v) is 2.25. The van der Waals surface area contributed by atoms with E-state index < -0.39 is 0 Å². The van der Waals surface area contributed by atoms with Crippen molar-refractivity contribution in [3.8, 4) is 0 Å². The van der Waals surface area contributed by atoms with Crippen LogP contribution in [-0.4, -0.2) is 13.1 Å². The van der Waals surface area contributed by atoms with Crippen molar-refractivity contribution >= 4 is 11.6 Å². The molecule has 16 heavy (non-hydrogen) atoms. The van der Waals surface area contributed by atoms with Crippen molar-refractivity contribution in [3.05, 3.63) is 34.6 Å². The summed E-state index contributed by atoms with van der Waals surface area (Å²) in [4.78, 5) is 0. The van der Waals surface area contributed by atoms with Crippen LogP contribution in [0.4, 0.5) is 4.39 Å². The van der Waals surface area contributed by atoms with Gasteiger partial charge in [0.25, 0.3) is 0 Å². The minimum absolute atomic E-state index is 0.205. The second-order valence-electron chi connectivity index (χ2n) is 4.52. The molecule has 0 aliphatic heterocycles. The van der Waals surface area contributed by atoms with Crippen molar-refractivity contribution in [2.24, 2.45) is 5.92 Å². The number of benzene rings is 1. The summed E-state index contributed by atoms with van der Waals surface area (Å²) in [6, 6.07) is 5.67. The zero-order valence-corrected chi connectivity index (χ0v) is 10.2. The lowest BCUT2D eigenvalue weighted by Crippen LogP contribution is -2.27. The minimum atomic E-state index is -0.313. The molecule has 1 fully saturated rings. The Hall–Kier alpha value is -0.600. The van der Waals surface area contributed by atoms with Crippen LogP contribution >= 0.6 is 11.6 Å². The van der Waals surface area contributed by atoms with Gasteiger partial charge in [0, 0.05) is 6.04 Å². The van der Waals surface area contributed by atoms with Gasteiger partial charge in [-0.15, -0.1) is 0 Å². The Labute approximate surface area is 101 Å². The third-order valence-corrected chi connectivity index (χ3v) is 3.60. The maximum absolute atomic E-state index is 13.2. The van der Waals surface area contributed by atoms with E-state index in [0.29, 0.717) is 6.04 Å². The third kappa shape index (κ3) is 2.96. The molecule has 1 aliphatic rings. The molecule has 1 aromatic carbocycles. The van der Waals surface area contributed by atoms with Crippen LogP contribution < -0.4 is 5.32 Å². The molecule has 1 atom stereocenters. The number of halogens is 2. The molecule has 0 saturated heterocycles. The Morgan fingerprint density at radius 3 is 2.81 bits per heavy atom. The van der Waals surface area contributed by atoms with E-state index in [9.17, 15) is 4.39 Å². The maximum Gasteiger partial charge on any atom is 0.142 e. The van der Waals surface area contributed by atoms with Gasteiger partial charge in [0.15, 0.2) is 0 Å². The first kappa shape index (κ1) is 11.9. The molecule has 0 heterocycles. The van der Waals surface area contributed by atoms with Gasteiger partial charge in [0.05, 0.1) is 5.02 Å². The highest BCUT2D eigenvalue weighted by atomic mass is 35.5. The summed E-state index contributed by atoms with van der Waals surface area (Å²) in [5.74, 6) is 0.522. The normalized spacial score (nSPS) is 17.4. The summed E-state index contributed by atoms with van der Waals surface area (Å²) >= 11 is 5.64. The molecular formula is C13H17ClFN. The second-order valence-corrected chi connectivity index (χ2v) is 4.93. The van der Waals surface area contributed by atoms with Gasteiger partial charge in [-0.3, -0.25) is 0 Å². The number of hydrogen-bond acceptors (Lipinski definition) is 1. The molecule has 0 spiro atoms. The zero-order valence-electron chi connectivity index (χ0n) is 9.47. The number of hydrogen-bond donors (Lipinski definition) is 1. The molecule has 88 valence electrons. The topological polar surface area (TPSA) is 12.0 Å². The highest BCUT2D eigenvalue weighted by molar-refractivity contribution is 6.30. The van der Waals surface area contributed by atoms with Gasteiger partial charge in [-0.2, -0.15) is 0 Å². The lowest BCUT2D eigenvalue weighted by atomic mass is 10.0. The van der Waals surface area contributed by atoms with Crippen LogP contribution in [0.2, 0.25) is 5.02 Å². The van der Waals surface area contributed by atoms with Crippen molar-refractivity contribution < 1.29 is 4.39 Å². The predicted octanol–water partition coefficient (Wildman–Crippen LogP) is 3.41. The third-order valence-electron chi connectivity index (χ3n) is 3.29. The molecule has 1 aromatic rings. The van der Waals surface area contributed by atoms with E-state index in [-0.39, 0.29) is 10.8 Å². The Morgan fingerprint density at radius 1 is 1.50 bits per heavy atom. The smallest absolute Gasteiger partial charge is 0.142 e. The van der Waals surface area contributed by atoms with E-state index in [1.807, 2.05) is 13.1 Å². The first-order valence-corrected chi connectivity index (χ1v) is 6.19.